The van der Waals surface area contributed by atoms with E-state index in [1.54, 1.807) is 7.11 Å². The van der Waals surface area contributed by atoms with Gasteiger partial charge in [-0.3, -0.25) is 0 Å². The van der Waals surface area contributed by atoms with Crippen molar-refractivity contribution in [3.8, 4) is 0 Å². The molecule has 21 heavy (non-hydrogen) atoms. The normalized spacial score (nSPS) is 12.0. The molecule has 0 aliphatic heterocycles. The van der Waals surface area contributed by atoms with Gasteiger partial charge >= 0.3 is 0 Å². The van der Waals surface area contributed by atoms with Crippen LogP contribution in [0.1, 0.15) is 25.8 Å². The molecule has 0 spiro atoms. The molecule has 1 N–H and O–H groups in total. The first-order valence-corrected chi connectivity index (χ1v) is 8.23. The van der Waals surface area contributed by atoms with E-state index in [1.165, 1.54) is 16.3 Å². The topological polar surface area (TPSA) is 21.3 Å². The molecule has 0 fully saturated rings. The first kappa shape index (κ1) is 16.5. The highest BCUT2D eigenvalue weighted by Gasteiger charge is 2.22. The third-order valence-electron chi connectivity index (χ3n) is 4.01. The van der Waals surface area contributed by atoms with Crippen LogP contribution < -0.4 is 5.32 Å². The van der Waals surface area contributed by atoms with Crippen molar-refractivity contribution < 1.29 is 4.74 Å². The van der Waals surface area contributed by atoms with Gasteiger partial charge in [0.25, 0.3) is 0 Å². The van der Waals surface area contributed by atoms with Crippen LogP contribution in [0.15, 0.2) is 40.9 Å². The van der Waals surface area contributed by atoms with Gasteiger partial charge in [0.05, 0.1) is 6.61 Å². The Kier molecular flexibility index (Phi) is 5.80. The SMILES string of the molecule is COCCNCCC(C)(C)c1ccc(Br)c2ccccc12. The first-order chi connectivity index (χ1) is 10.1. The average molecular weight is 350 g/mol. The highest BCUT2D eigenvalue weighted by Crippen LogP contribution is 2.35. The lowest BCUT2D eigenvalue weighted by Gasteiger charge is -2.27. The molecule has 2 aromatic rings. The number of fused-ring (bicyclic) bond motifs is 1. The zero-order valence-corrected chi connectivity index (χ0v) is 14.7. The summed E-state index contributed by atoms with van der Waals surface area (Å²) in [5.41, 5.74) is 1.55. The Labute approximate surface area is 136 Å². The van der Waals surface area contributed by atoms with E-state index in [1.807, 2.05) is 0 Å². The lowest BCUT2D eigenvalue weighted by Crippen LogP contribution is -2.27. The van der Waals surface area contributed by atoms with Gasteiger partial charge in [-0.2, -0.15) is 0 Å². The molecule has 3 heteroatoms. The van der Waals surface area contributed by atoms with Crippen LogP contribution in [0.4, 0.5) is 0 Å². The fourth-order valence-electron chi connectivity index (χ4n) is 2.69. The second-order valence-corrected chi connectivity index (χ2v) is 6.87. The van der Waals surface area contributed by atoms with E-state index < -0.39 is 0 Å². The van der Waals surface area contributed by atoms with E-state index in [0.717, 1.165) is 30.6 Å². The van der Waals surface area contributed by atoms with Crippen molar-refractivity contribution in [1.82, 2.24) is 5.32 Å². The van der Waals surface area contributed by atoms with E-state index in [2.05, 4.69) is 71.5 Å². The minimum Gasteiger partial charge on any atom is -0.383 e. The maximum absolute atomic E-state index is 5.06. The zero-order valence-electron chi connectivity index (χ0n) is 13.1. The van der Waals surface area contributed by atoms with Crippen LogP contribution in [0.3, 0.4) is 0 Å². The van der Waals surface area contributed by atoms with E-state index in [-0.39, 0.29) is 5.41 Å². The third kappa shape index (κ3) is 4.06. The van der Waals surface area contributed by atoms with Gasteiger partial charge in [0.15, 0.2) is 0 Å². The Morgan fingerprint density at radius 1 is 1.05 bits per heavy atom. The minimum absolute atomic E-state index is 0.139. The lowest BCUT2D eigenvalue weighted by atomic mass is 9.79. The number of halogens is 1. The van der Waals surface area contributed by atoms with Crippen LogP contribution in [0.25, 0.3) is 10.8 Å². The van der Waals surface area contributed by atoms with Crippen molar-refractivity contribution in [3.63, 3.8) is 0 Å². The van der Waals surface area contributed by atoms with Gasteiger partial charge in [0.2, 0.25) is 0 Å². The molecule has 0 heterocycles. The maximum atomic E-state index is 5.06. The van der Waals surface area contributed by atoms with E-state index in [0.29, 0.717) is 0 Å². The molecule has 0 aliphatic carbocycles. The summed E-state index contributed by atoms with van der Waals surface area (Å²) in [6.45, 7) is 7.32. The summed E-state index contributed by atoms with van der Waals surface area (Å²) in [4.78, 5) is 0. The Morgan fingerprint density at radius 3 is 2.48 bits per heavy atom. The number of ether oxygens (including phenoxy) is 1. The fraction of sp³-hybridized carbons (Fsp3) is 0.444. The van der Waals surface area contributed by atoms with Gasteiger partial charge in [-0.05, 0) is 40.8 Å². The quantitative estimate of drug-likeness (QED) is 0.742. The molecule has 0 saturated heterocycles. The van der Waals surface area contributed by atoms with Crippen LogP contribution in [-0.4, -0.2) is 26.8 Å². The summed E-state index contributed by atoms with van der Waals surface area (Å²) in [5, 5.41) is 6.07. The summed E-state index contributed by atoms with van der Waals surface area (Å²) in [6.07, 6.45) is 1.10. The predicted molar refractivity (Wildman–Crippen MR) is 94.0 cm³/mol. The molecule has 0 unspecified atom stereocenters. The first-order valence-electron chi connectivity index (χ1n) is 7.43. The molecule has 2 rings (SSSR count). The number of nitrogens with one attached hydrogen (secondary N) is 1. The zero-order chi connectivity index (χ0) is 15.3. The van der Waals surface area contributed by atoms with Crippen molar-refractivity contribution in [1.29, 1.82) is 0 Å². The number of methoxy groups -OCH3 is 1. The van der Waals surface area contributed by atoms with E-state index in [9.17, 15) is 0 Å². The average Bonchev–Trinajstić information content (AvgIpc) is 2.47. The molecule has 0 amide bonds. The molecule has 0 saturated carbocycles. The molecule has 2 nitrogen and oxygen atoms in total. The number of rotatable bonds is 7. The molecular formula is C18H24BrNO. The van der Waals surface area contributed by atoms with Crippen LogP contribution in [0.5, 0.6) is 0 Å². The molecule has 0 atom stereocenters. The third-order valence-corrected chi connectivity index (χ3v) is 4.70. The van der Waals surface area contributed by atoms with Crippen molar-refractivity contribution in [2.75, 3.05) is 26.8 Å². The van der Waals surface area contributed by atoms with Gasteiger partial charge < -0.3 is 10.1 Å². The van der Waals surface area contributed by atoms with Gasteiger partial charge in [-0.25, -0.2) is 0 Å². The molecular weight excluding hydrogens is 326 g/mol. The number of hydrogen-bond acceptors (Lipinski definition) is 2. The minimum atomic E-state index is 0.139. The lowest BCUT2D eigenvalue weighted by molar-refractivity contribution is 0.198. The highest BCUT2D eigenvalue weighted by molar-refractivity contribution is 9.10. The molecule has 0 aliphatic rings. The van der Waals surface area contributed by atoms with Crippen molar-refractivity contribution in [3.05, 3.63) is 46.4 Å². The summed E-state index contributed by atoms with van der Waals surface area (Å²) in [7, 11) is 1.74. The Bertz CT molecular complexity index is 595. The number of hydrogen-bond donors (Lipinski definition) is 1. The summed E-state index contributed by atoms with van der Waals surface area (Å²) < 4.78 is 6.22. The Hall–Kier alpha value is -0.900. The molecule has 0 aromatic heterocycles. The number of benzene rings is 2. The molecule has 0 radical (unpaired) electrons. The van der Waals surface area contributed by atoms with Crippen LogP contribution >= 0.6 is 15.9 Å². The Balaban J connectivity index is 2.18. The van der Waals surface area contributed by atoms with Gasteiger partial charge in [0.1, 0.15) is 0 Å². The Morgan fingerprint density at radius 2 is 1.76 bits per heavy atom. The summed E-state index contributed by atoms with van der Waals surface area (Å²) >= 11 is 3.65. The smallest absolute Gasteiger partial charge is 0.0587 e. The van der Waals surface area contributed by atoms with Crippen LogP contribution in [0, 0.1) is 0 Å². The molecule has 2 aromatic carbocycles. The maximum Gasteiger partial charge on any atom is 0.0587 e. The van der Waals surface area contributed by atoms with E-state index >= 15 is 0 Å². The summed E-state index contributed by atoms with van der Waals surface area (Å²) in [5.74, 6) is 0. The predicted octanol–water partition coefficient (Wildman–Crippen LogP) is 4.51. The van der Waals surface area contributed by atoms with Crippen LogP contribution in [0.2, 0.25) is 0 Å². The standard InChI is InChI=1S/C18H24BrNO/c1-18(2,10-11-20-12-13-21-3)16-8-9-17(19)15-7-5-4-6-14(15)16/h4-9,20H,10-13H2,1-3H3. The second-order valence-electron chi connectivity index (χ2n) is 6.02. The van der Waals surface area contributed by atoms with Crippen molar-refractivity contribution in [2.24, 2.45) is 0 Å². The molecule has 0 bridgehead atoms. The van der Waals surface area contributed by atoms with Crippen molar-refractivity contribution in [2.45, 2.75) is 25.7 Å². The van der Waals surface area contributed by atoms with Gasteiger partial charge in [-0.15, -0.1) is 0 Å². The molecule has 114 valence electrons. The van der Waals surface area contributed by atoms with Gasteiger partial charge in [0, 0.05) is 18.1 Å². The largest absolute Gasteiger partial charge is 0.383 e. The van der Waals surface area contributed by atoms with Gasteiger partial charge in [-0.1, -0.05) is 60.1 Å². The highest BCUT2D eigenvalue weighted by atomic mass is 79.9. The van der Waals surface area contributed by atoms with Crippen molar-refractivity contribution >= 4 is 26.7 Å². The second kappa shape index (κ2) is 7.39. The monoisotopic (exact) mass is 349 g/mol. The van der Waals surface area contributed by atoms with E-state index in [4.69, 9.17) is 4.74 Å². The fourth-order valence-corrected chi connectivity index (χ4v) is 3.17. The summed E-state index contributed by atoms with van der Waals surface area (Å²) in [6, 6.07) is 13.0. The van der Waals surface area contributed by atoms with Crippen LogP contribution in [-0.2, 0) is 10.2 Å².